The summed E-state index contributed by atoms with van der Waals surface area (Å²) in [4.78, 5) is 30.1. The van der Waals surface area contributed by atoms with E-state index in [0.717, 1.165) is 73.4 Å². The first kappa shape index (κ1) is 33.5. The second-order valence-electron chi connectivity index (χ2n) is 11.8. The van der Waals surface area contributed by atoms with Crippen LogP contribution in [0.4, 0.5) is 10.5 Å². The number of amides is 2. The van der Waals surface area contributed by atoms with E-state index in [9.17, 15) is 14.7 Å². The number of likely N-dealkylation sites (tertiary alicyclic amines) is 1. The fourth-order valence-corrected chi connectivity index (χ4v) is 5.75. The van der Waals surface area contributed by atoms with Gasteiger partial charge in [-0.05, 0) is 72.8 Å². The number of hydrogen-bond donors (Lipinski definition) is 3. The zero-order chi connectivity index (χ0) is 33.0. The summed E-state index contributed by atoms with van der Waals surface area (Å²) >= 11 is 0. The second-order valence-corrected chi connectivity index (χ2v) is 11.8. The minimum Gasteiger partial charge on any atom is -0.508 e. The van der Waals surface area contributed by atoms with Crippen LogP contribution in [0.15, 0.2) is 97.1 Å². The van der Waals surface area contributed by atoms with Crippen LogP contribution >= 0.6 is 0 Å². The number of anilines is 1. The molecule has 1 fully saturated rings. The number of likely N-dealkylation sites (N-methyl/N-ethyl adjacent to an activating group) is 1. The maximum atomic E-state index is 13.3. The van der Waals surface area contributed by atoms with Crippen molar-refractivity contribution in [3.05, 3.63) is 114 Å². The number of para-hydroxylation sites is 1. The van der Waals surface area contributed by atoms with Crippen molar-refractivity contribution in [1.29, 1.82) is 0 Å². The molecule has 0 unspecified atom stereocenters. The Morgan fingerprint density at radius 1 is 0.915 bits per heavy atom. The third-order valence-corrected chi connectivity index (χ3v) is 8.51. The first-order valence-corrected chi connectivity index (χ1v) is 16.1. The number of ether oxygens (including phenoxy) is 2. The van der Waals surface area contributed by atoms with Gasteiger partial charge in [0, 0.05) is 45.3 Å². The summed E-state index contributed by atoms with van der Waals surface area (Å²) < 4.78 is 11.4. The lowest BCUT2D eigenvalue weighted by molar-refractivity contribution is 0.0539. The van der Waals surface area contributed by atoms with E-state index in [4.69, 9.17) is 9.47 Å². The summed E-state index contributed by atoms with van der Waals surface area (Å²) in [6, 6.07) is 30.6. The largest absolute Gasteiger partial charge is 0.508 e. The zero-order valence-electron chi connectivity index (χ0n) is 27.2. The molecule has 9 heteroatoms. The number of hydrogen-bond acceptors (Lipinski definition) is 7. The van der Waals surface area contributed by atoms with Crippen LogP contribution in [0.1, 0.15) is 34.3 Å². The van der Waals surface area contributed by atoms with Gasteiger partial charge in [-0.15, -0.1) is 0 Å². The van der Waals surface area contributed by atoms with Crippen LogP contribution < -0.4 is 15.4 Å². The third-order valence-electron chi connectivity index (χ3n) is 8.51. The van der Waals surface area contributed by atoms with Crippen molar-refractivity contribution in [3.8, 4) is 22.6 Å². The second kappa shape index (κ2) is 16.6. The fourth-order valence-electron chi connectivity index (χ4n) is 5.75. The molecule has 0 saturated carbocycles. The standard InChI is InChI=1S/C38H44N4O5/c1-41(37(44)34-17-14-29(26-36(34)46-2)27-39-21-18-28-12-15-31(43)16-13-28)24-25-42-22-19-32(20-23-42)47-38(45)40-35-11-7-6-10-33(35)30-8-4-3-5-9-30/h3-17,26,32,39,43H,18-25,27H2,1-2H3,(H,40,45). The Balaban J connectivity index is 1.03. The minimum atomic E-state index is -0.443. The lowest BCUT2D eigenvalue weighted by Crippen LogP contribution is -2.42. The molecule has 0 spiro atoms. The molecule has 0 aliphatic carbocycles. The lowest BCUT2D eigenvalue weighted by atomic mass is 10.0. The number of methoxy groups -OCH3 is 1. The van der Waals surface area contributed by atoms with Crippen LogP contribution in [-0.2, 0) is 17.7 Å². The topological polar surface area (TPSA) is 103 Å². The average Bonchev–Trinajstić information content (AvgIpc) is 3.10. The summed E-state index contributed by atoms with van der Waals surface area (Å²) in [5.74, 6) is 0.742. The number of aromatic hydroxyl groups is 1. The molecule has 0 bridgehead atoms. The zero-order valence-corrected chi connectivity index (χ0v) is 27.2. The van der Waals surface area contributed by atoms with Gasteiger partial charge in [0.05, 0.1) is 18.4 Å². The van der Waals surface area contributed by atoms with Gasteiger partial charge in [-0.3, -0.25) is 10.1 Å². The van der Waals surface area contributed by atoms with Crippen LogP contribution in [-0.4, -0.2) is 79.9 Å². The number of rotatable bonds is 13. The van der Waals surface area contributed by atoms with E-state index in [1.54, 1.807) is 24.1 Å². The van der Waals surface area contributed by atoms with Crippen LogP contribution in [0.3, 0.4) is 0 Å². The molecule has 4 aromatic rings. The first-order chi connectivity index (χ1) is 22.9. The number of phenolic OH excluding ortho intramolecular Hbond substituents is 1. The molecule has 246 valence electrons. The number of nitrogens with one attached hydrogen (secondary N) is 2. The molecule has 0 atom stereocenters. The van der Waals surface area contributed by atoms with E-state index in [0.29, 0.717) is 24.4 Å². The molecule has 5 rings (SSSR count). The molecule has 1 heterocycles. The predicted molar refractivity (Wildman–Crippen MR) is 185 cm³/mol. The van der Waals surface area contributed by atoms with Gasteiger partial charge in [-0.25, -0.2) is 4.79 Å². The summed E-state index contributed by atoms with van der Waals surface area (Å²) in [6.07, 6.45) is 1.73. The first-order valence-electron chi connectivity index (χ1n) is 16.1. The summed E-state index contributed by atoms with van der Waals surface area (Å²) in [5.41, 5.74) is 5.42. The Bertz CT molecular complexity index is 1600. The van der Waals surface area contributed by atoms with Crippen molar-refractivity contribution < 1.29 is 24.2 Å². The highest BCUT2D eigenvalue weighted by molar-refractivity contribution is 5.97. The Hall–Kier alpha value is -4.86. The molecule has 2 amide bonds. The Morgan fingerprint density at radius 3 is 2.36 bits per heavy atom. The van der Waals surface area contributed by atoms with Gasteiger partial charge in [-0.1, -0.05) is 66.7 Å². The Labute approximate surface area is 277 Å². The molecule has 47 heavy (non-hydrogen) atoms. The smallest absolute Gasteiger partial charge is 0.411 e. The van der Waals surface area contributed by atoms with Crippen molar-refractivity contribution in [2.75, 3.05) is 52.2 Å². The molecule has 1 aliphatic heterocycles. The van der Waals surface area contributed by atoms with E-state index < -0.39 is 6.09 Å². The molecular formula is C38H44N4O5. The minimum absolute atomic E-state index is 0.0839. The van der Waals surface area contributed by atoms with Crippen molar-refractivity contribution in [2.24, 2.45) is 0 Å². The van der Waals surface area contributed by atoms with Crippen molar-refractivity contribution in [1.82, 2.24) is 15.1 Å². The number of carbonyl (C=O) groups is 2. The molecule has 9 nitrogen and oxygen atoms in total. The van der Waals surface area contributed by atoms with Gasteiger partial charge in [0.1, 0.15) is 17.6 Å². The fraction of sp³-hybridized carbons (Fsp3) is 0.316. The third kappa shape index (κ3) is 9.57. The van der Waals surface area contributed by atoms with Crippen LogP contribution in [0, 0.1) is 0 Å². The number of carbonyl (C=O) groups excluding carboxylic acids is 2. The Kier molecular flexibility index (Phi) is 11.9. The van der Waals surface area contributed by atoms with Gasteiger partial charge >= 0.3 is 6.09 Å². The van der Waals surface area contributed by atoms with Gasteiger partial charge < -0.3 is 29.7 Å². The molecule has 4 aromatic carbocycles. The molecule has 3 N–H and O–H groups in total. The van der Waals surface area contributed by atoms with Crippen molar-refractivity contribution in [3.63, 3.8) is 0 Å². The normalized spacial score (nSPS) is 13.6. The van der Waals surface area contributed by atoms with E-state index in [1.165, 1.54) is 0 Å². The molecule has 0 aromatic heterocycles. The average molecular weight is 637 g/mol. The van der Waals surface area contributed by atoms with E-state index >= 15 is 0 Å². The molecule has 0 radical (unpaired) electrons. The lowest BCUT2D eigenvalue weighted by Gasteiger charge is -2.32. The van der Waals surface area contributed by atoms with Crippen LogP contribution in [0.5, 0.6) is 11.5 Å². The van der Waals surface area contributed by atoms with Gasteiger partial charge in [0.15, 0.2) is 0 Å². The maximum Gasteiger partial charge on any atom is 0.411 e. The predicted octanol–water partition coefficient (Wildman–Crippen LogP) is 6.19. The summed E-state index contributed by atoms with van der Waals surface area (Å²) in [5, 5.41) is 15.8. The quantitative estimate of drug-likeness (QED) is 0.151. The highest BCUT2D eigenvalue weighted by Gasteiger charge is 2.24. The van der Waals surface area contributed by atoms with Crippen LogP contribution in [0.25, 0.3) is 11.1 Å². The monoisotopic (exact) mass is 636 g/mol. The summed E-state index contributed by atoms with van der Waals surface area (Å²) in [7, 11) is 3.40. The SMILES string of the molecule is COc1cc(CNCCc2ccc(O)cc2)ccc1C(=O)N(C)CCN1CCC(OC(=O)Nc2ccccc2-c2ccccc2)CC1. The van der Waals surface area contributed by atoms with Crippen molar-refractivity contribution >= 4 is 17.7 Å². The number of phenols is 1. The molecule has 1 aliphatic rings. The maximum absolute atomic E-state index is 13.3. The van der Waals surface area contributed by atoms with Crippen molar-refractivity contribution in [2.45, 2.75) is 31.9 Å². The van der Waals surface area contributed by atoms with E-state index in [1.807, 2.05) is 92.0 Å². The highest BCUT2D eigenvalue weighted by atomic mass is 16.6. The molecular weight excluding hydrogens is 592 g/mol. The summed E-state index contributed by atoms with van der Waals surface area (Å²) in [6.45, 7) is 4.33. The van der Waals surface area contributed by atoms with E-state index in [2.05, 4.69) is 15.5 Å². The van der Waals surface area contributed by atoms with Crippen LogP contribution in [0.2, 0.25) is 0 Å². The Morgan fingerprint density at radius 2 is 1.62 bits per heavy atom. The highest BCUT2D eigenvalue weighted by Crippen LogP contribution is 2.28. The number of nitrogens with zero attached hydrogens (tertiary/aromatic N) is 2. The van der Waals surface area contributed by atoms with E-state index in [-0.39, 0.29) is 17.8 Å². The number of piperidine rings is 1. The van der Waals surface area contributed by atoms with Gasteiger partial charge in [-0.2, -0.15) is 0 Å². The van der Waals surface area contributed by atoms with Gasteiger partial charge in [0.25, 0.3) is 5.91 Å². The number of benzene rings is 4. The molecule has 1 saturated heterocycles. The van der Waals surface area contributed by atoms with Gasteiger partial charge in [0.2, 0.25) is 0 Å².